The third-order valence-corrected chi connectivity index (χ3v) is 25.2. The molecule has 4 aliphatic heterocycles. The first-order valence-corrected chi connectivity index (χ1v) is 45.2. The molecule has 8 heterocycles. The van der Waals surface area contributed by atoms with Crippen molar-refractivity contribution in [2.24, 2.45) is 20.0 Å². The van der Waals surface area contributed by atoms with Gasteiger partial charge in [0.25, 0.3) is 0 Å². The van der Waals surface area contributed by atoms with E-state index in [1.54, 1.807) is 24.3 Å². The third-order valence-electron chi connectivity index (χ3n) is 25.2. The van der Waals surface area contributed by atoms with E-state index in [1.807, 2.05) is 224 Å². The Hall–Kier alpha value is -14.2. The molecule has 0 fully saturated rings. The minimum atomic E-state index is 0. The largest absolute Gasteiger partial charge is 0.507 e. The number of fused-ring (bicyclic) bond motifs is 8. The van der Waals surface area contributed by atoms with Gasteiger partial charge in [-0.05, 0) is 211 Å². The quantitative estimate of drug-likeness (QED) is 0.0776. The van der Waals surface area contributed by atoms with E-state index in [0.29, 0.717) is 11.8 Å². The number of phenolic OH excluding ortho intramolecular Hbond substituents is 4. The summed E-state index contributed by atoms with van der Waals surface area (Å²) in [6, 6.07) is 138. The topological polar surface area (TPSA) is 182 Å². The van der Waals surface area contributed by atoms with E-state index in [1.165, 1.54) is 33.4 Å². The molecule has 20 aromatic rings. The Morgan fingerprint density at radius 3 is 1.04 bits per heavy atom. The second-order valence-corrected chi connectivity index (χ2v) is 34.6. The normalized spacial score (nSPS) is 12.3. The third kappa shape index (κ3) is 20.0. The number of phenols is 4. The van der Waals surface area contributed by atoms with E-state index in [4.69, 9.17) is 39.9 Å². The second kappa shape index (κ2) is 42.2. The van der Waals surface area contributed by atoms with Crippen molar-refractivity contribution >= 4 is 88.7 Å². The zero-order valence-corrected chi connectivity index (χ0v) is 84.5. The molecule has 0 unspecified atom stereocenters. The molecule has 12 nitrogen and oxygen atoms in total. The van der Waals surface area contributed by atoms with Gasteiger partial charge in [-0.25, -0.2) is 9.97 Å². The molecule has 16 heteroatoms. The predicted molar refractivity (Wildman–Crippen MR) is 546 cm³/mol. The monoisotopic (exact) mass is 2510 g/mol. The molecular weight excluding hydrogens is 2420 g/mol. The van der Waals surface area contributed by atoms with Crippen LogP contribution >= 0.6 is 0 Å². The molecule has 0 bridgehead atoms. The Labute approximate surface area is 859 Å². The van der Waals surface area contributed by atoms with Gasteiger partial charge in [0.2, 0.25) is 0 Å². The Bertz CT molecular complexity index is 8160. The number of aromatic hydroxyl groups is 4. The molecule has 0 spiro atoms. The van der Waals surface area contributed by atoms with Crippen LogP contribution in [0.2, 0.25) is 0 Å². The average molecular weight is 2510 g/mol. The van der Waals surface area contributed by atoms with Crippen molar-refractivity contribution in [3.05, 3.63) is 456 Å². The number of hydrogen-bond acceptors (Lipinski definition) is 12. The standard InChI is InChI=1S/2C32H25N2O.2C29H19N2O.4Pt/c1-20(2)21-14-15-26-25(16-21)19-30(34-32(26)27-11-4-6-13-31(27)35)23-10-7-9-22(17-23)29-18-24-8-3-5-12-28(24)33-29;1-20(2)22-15-16-25-24(17-22)19-29(34-32(25)27-12-6-7-14-30(27)35)26-13-8-11-23-18-28(33-31(23)26)21-9-4-3-5-10-21;32-29-18-20-8-2-1-7-19(20)16-24(29)27-14-6-13-26(30-27)21-10-5-11-22(15-21)28-17-23-9-3-4-12-25(23)31-28;32-28-18-21-11-5-4-10-20(21)16-24(28)26-15-7-14-25(30-26)23-13-6-12-22-17-27(31-29(22)23)19-8-2-1-3-9-19;;;;/h3-16,19-20,35H,18H2,1-2H3;3-9,11-17,19-20,35H,18H2,1-2H3;1-14,16,18,32H,17H2;1-8,10-16,18,32H,17H2;;;;/q4*-1;;;;. The maximum absolute atomic E-state index is 10.7. The summed E-state index contributed by atoms with van der Waals surface area (Å²) >= 11 is 0. The fourth-order valence-corrected chi connectivity index (χ4v) is 18.1. The van der Waals surface area contributed by atoms with Crippen LogP contribution in [-0.4, -0.2) is 63.2 Å². The molecule has 0 radical (unpaired) electrons. The zero-order chi connectivity index (χ0) is 90.9. The van der Waals surface area contributed by atoms with Crippen molar-refractivity contribution in [1.82, 2.24) is 19.9 Å². The summed E-state index contributed by atoms with van der Waals surface area (Å²) in [6.45, 7) is 8.80. The van der Waals surface area contributed by atoms with Gasteiger partial charge in [-0.1, -0.05) is 245 Å². The van der Waals surface area contributed by atoms with Gasteiger partial charge in [0.05, 0.1) is 56.9 Å². The number of rotatable bonds is 14. The molecule has 0 atom stereocenters. The van der Waals surface area contributed by atoms with Crippen molar-refractivity contribution in [2.75, 3.05) is 0 Å². The van der Waals surface area contributed by atoms with E-state index in [-0.39, 0.29) is 107 Å². The molecule has 4 aromatic heterocycles. The molecule has 0 aliphatic carbocycles. The first-order valence-electron chi connectivity index (χ1n) is 45.2. The van der Waals surface area contributed by atoms with Gasteiger partial charge < -0.3 is 20.4 Å². The number of pyridine rings is 4. The Morgan fingerprint density at radius 2 is 0.580 bits per heavy atom. The fourth-order valence-electron chi connectivity index (χ4n) is 18.1. The molecule has 0 saturated heterocycles. The minimum absolute atomic E-state index is 0. The van der Waals surface area contributed by atoms with Crippen molar-refractivity contribution < 1.29 is 105 Å². The molecule has 4 aliphatic rings. The van der Waals surface area contributed by atoms with Crippen LogP contribution in [0.15, 0.2) is 396 Å². The van der Waals surface area contributed by atoms with Gasteiger partial charge in [-0.2, -0.15) is 0 Å². The van der Waals surface area contributed by atoms with Crippen LogP contribution in [0.3, 0.4) is 0 Å². The zero-order valence-electron chi connectivity index (χ0n) is 75.4. The van der Waals surface area contributed by atoms with E-state index >= 15 is 0 Å². The summed E-state index contributed by atoms with van der Waals surface area (Å²) in [4.78, 5) is 39.6. The fraction of sp³-hybridized carbons (Fsp3) is 0.0820. The van der Waals surface area contributed by atoms with Crippen molar-refractivity contribution in [3.8, 4) is 113 Å². The van der Waals surface area contributed by atoms with Crippen LogP contribution in [0.5, 0.6) is 23.0 Å². The van der Waals surface area contributed by atoms with Gasteiger partial charge in [0, 0.05) is 140 Å². The number of hydrogen-bond donors (Lipinski definition) is 4. The van der Waals surface area contributed by atoms with Crippen LogP contribution in [0.4, 0.5) is 22.7 Å². The Kier molecular flexibility index (Phi) is 29.2. The number of aromatic nitrogens is 4. The van der Waals surface area contributed by atoms with Gasteiger partial charge in [0.15, 0.2) is 0 Å². The van der Waals surface area contributed by atoms with Gasteiger partial charge in [-0.15, -0.1) is 131 Å². The number of aliphatic imine (C=N–C) groups is 4. The molecule has 138 heavy (non-hydrogen) atoms. The van der Waals surface area contributed by atoms with Crippen molar-refractivity contribution in [3.63, 3.8) is 0 Å². The molecule has 684 valence electrons. The van der Waals surface area contributed by atoms with Crippen LogP contribution < -0.4 is 0 Å². The summed E-state index contributed by atoms with van der Waals surface area (Å²) in [6.07, 6.45) is 3.19. The minimum Gasteiger partial charge on any atom is -0.507 e. The molecule has 24 rings (SSSR count). The van der Waals surface area contributed by atoms with Gasteiger partial charge >= 0.3 is 0 Å². The van der Waals surface area contributed by atoms with Crippen LogP contribution in [0.25, 0.3) is 133 Å². The molecule has 0 amide bonds. The SMILES string of the molecule is CC(C)c1ccc2c(-c3ccccc3O)nc(-c3[c-]c(C4=Nc5ccccc5C4)ccc3)cc2c1.CC(C)c1ccc2c(-c3ccccc3O)nc(-c3cccc4c3N=C(c3[c-]cccc3)C4)cc2c1.Oc1cc2ccccc2cc1-c1cccc(-c2[c-]c(C3=Nc4ccccc4C3)ccc2)n1.Oc1cc2ccccc2cc1-c1cccc(-c2cccc3c2N=C(c2[c-]cccc2)C3)n1.[Pt].[Pt].[Pt].[Pt]. The smallest absolute Gasteiger partial charge is 0.125 e. The van der Waals surface area contributed by atoms with Crippen LogP contribution in [-0.2, 0) is 110 Å². The molecule has 16 aromatic carbocycles. The van der Waals surface area contributed by atoms with E-state index in [0.717, 1.165) is 227 Å². The molecule has 0 saturated carbocycles. The van der Waals surface area contributed by atoms with Gasteiger partial charge in [-0.3, -0.25) is 29.9 Å². The van der Waals surface area contributed by atoms with Crippen LogP contribution in [0, 0.1) is 24.3 Å². The first-order chi connectivity index (χ1) is 65.6. The maximum Gasteiger partial charge on any atom is 0.125 e. The van der Waals surface area contributed by atoms with Crippen molar-refractivity contribution in [2.45, 2.75) is 65.2 Å². The summed E-state index contributed by atoms with van der Waals surface area (Å²) in [7, 11) is 0. The van der Waals surface area contributed by atoms with Crippen LogP contribution in [0.1, 0.15) is 95.2 Å². The maximum atomic E-state index is 10.7. The van der Waals surface area contributed by atoms with E-state index in [2.05, 4.69) is 179 Å². The second-order valence-electron chi connectivity index (χ2n) is 34.6. The Balaban J connectivity index is 0.000000126. The van der Waals surface area contributed by atoms with Gasteiger partial charge in [0.1, 0.15) is 23.0 Å². The van der Waals surface area contributed by atoms with E-state index < -0.39 is 0 Å². The predicted octanol–water partition coefficient (Wildman–Crippen LogP) is 29.2. The van der Waals surface area contributed by atoms with Crippen molar-refractivity contribution in [1.29, 1.82) is 0 Å². The summed E-state index contributed by atoms with van der Waals surface area (Å²) < 4.78 is 0. The number of benzene rings is 16. The van der Waals surface area contributed by atoms with E-state index in [9.17, 15) is 20.4 Å². The summed E-state index contributed by atoms with van der Waals surface area (Å²) in [5, 5.41) is 51.0. The first kappa shape index (κ1) is 95.5. The number of nitrogens with zero attached hydrogens (tertiary/aromatic N) is 8. The summed E-state index contributed by atoms with van der Waals surface area (Å²) in [5.41, 5.74) is 32.6. The molecular formula is C122H88N8O4Pt4-4. The molecule has 4 N–H and O–H groups in total. The summed E-state index contributed by atoms with van der Waals surface area (Å²) in [5.74, 6) is 1.74. The average Bonchev–Trinajstić information content (AvgIpc) is 1.19. The number of para-hydroxylation sites is 6. The Morgan fingerprint density at radius 1 is 0.239 bits per heavy atom.